The zero-order valence-electron chi connectivity index (χ0n) is 10.1. The van der Waals surface area contributed by atoms with Gasteiger partial charge < -0.3 is 16.0 Å². The first-order valence-electron chi connectivity index (χ1n) is 6.53. The third kappa shape index (κ3) is 4.34. The lowest BCUT2D eigenvalue weighted by Crippen LogP contribution is -2.39. The average Bonchev–Trinajstić information content (AvgIpc) is 3.14. The van der Waals surface area contributed by atoms with E-state index in [-0.39, 0.29) is 17.7 Å². The minimum absolute atomic E-state index is 0.0538. The summed E-state index contributed by atoms with van der Waals surface area (Å²) in [5.74, 6) is 0.284. The Kier molecular flexibility index (Phi) is 4.36. The second-order valence-corrected chi connectivity index (χ2v) is 4.91. The Morgan fingerprint density at radius 3 is 2.47 bits per heavy atom. The molecule has 0 spiro atoms. The number of hydrogen-bond donors (Lipinski definition) is 3. The van der Waals surface area contributed by atoms with Crippen LogP contribution < -0.4 is 16.0 Å². The molecule has 0 aromatic heterocycles. The molecule has 2 rings (SSSR count). The highest BCUT2D eigenvalue weighted by molar-refractivity contribution is 5.80. The highest BCUT2D eigenvalue weighted by Crippen LogP contribution is 2.18. The van der Waals surface area contributed by atoms with Crippen molar-refractivity contribution in [1.29, 1.82) is 0 Å². The summed E-state index contributed by atoms with van der Waals surface area (Å²) in [5, 5.41) is 8.98. The fourth-order valence-electron chi connectivity index (χ4n) is 2.06. The van der Waals surface area contributed by atoms with Crippen LogP contribution in [0.2, 0.25) is 0 Å². The van der Waals surface area contributed by atoms with Crippen LogP contribution in [-0.4, -0.2) is 37.5 Å². The van der Waals surface area contributed by atoms with Crippen molar-refractivity contribution in [3.63, 3.8) is 0 Å². The molecule has 5 nitrogen and oxygen atoms in total. The molecule has 2 fully saturated rings. The summed E-state index contributed by atoms with van der Waals surface area (Å²) in [5.41, 5.74) is 0. The van der Waals surface area contributed by atoms with Crippen LogP contribution in [-0.2, 0) is 9.59 Å². The van der Waals surface area contributed by atoms with Gasteiger partial charge in [0.1, 0.15) is 0 Å². The number of rotatable bonds is 5. The molecular formula is C12H21N3O2. The first-order chi connectivity index (χ1) is 8.25. The van der Waals surface area contributed by atoms with Crippen LogP contribution in [0.3, 0.4) is 0 Å². The zero-order chi connectivity index (χ0) is 12.1. The molecule has 1 aliphatic heterocycles. The van der Waals surface area contributed by atoms with Crippen molar-refractivity contribution in [3.8, 4) is 0 Å². The molecule has 0 aromatic carbocycles. The Morgan fingerprint density at radius 2 is 1.82 bits per heavy atom. The summed E-state index contributed by atoms with van der Waals surface area (Å²) < 4.78 is 0. The summed E-state index contributed by atoms with van der Waals surface area (Å²) in [7, 11) is 0. The third-order valence-corrected chi connectivity index (χ3v) is 3.30. The van der Waals surface area contributed by atoms with Gasteiger partial charge in [-0.1, -0.05) is 0 Å². The topological polar surface area (TPSA) is 70.2 Å². The second kappa shape index (κ2) is 6.00. The molecule has 1 aliphatic carbocycles. The highest BCUT2D eigenvalue weighted by atomic mass is 16.2. The Hall–Kier alpha value is -1.10. The van der Waals surface area contributed by atoms with E-state index in [2.05, 4.69) is 16.0 Å². The van der Waals surface area contributed by atoms with Crippen molar-refractivity contribution in [2.75, 3.05) is 19.6 Å². The van der Waals surface area contributed by atoms with Crippen molar-refractivity contribution in [2.45, 2.75) is 38.1 Å². The smallest absolute Gasteiger partial charge is 0.223 e. The molecule has 96 valence electrons. The SMILES string of the molecule is O=C(CCNC(=O)C1CCNCC1)NC1CC1. The van der Waals surface area contributed by atoms with Gasteiger partial charge in [-0.25, -0.2) is 0 Å². The van der Waals surface area contributed by atoms with Gasteiger partial charge in [0.25, 0.3) is 0 Å². The monoisotopic (exact) mass is 239 g/mol. The summed E-state index contributed by atoms with van der Waals surface area (Å²) in [6, 6.07) is 0.405. The normalized spacial score (nSPS) is 20.9. The van der Waals surface area contributed by atoms with Gasteiger partial charge in [-0.3, -0.25) is 9.59 Å². The largest absolute Gasteiger partial charge is 0.355 e. The van der Waals surface area contributed by atoms with Crippen LogP contribution in [0.1, 0.15) is 32.1 Å². The molecule has 0 aromatic rings. The standard InChI is InChI=1S/C12H21N3O2/c16-11(15-10-1-2-10)5-8-14-12(17)9-3-6-13-7-4-9/h9-10,13H,1-8H2,(H,14,17)(H,15,16). The van der Waals surface area contributed by atoms with E-state index in [1.807, 2.05) is 0 Å². The van der Waals surface area contributed by atoms with Crippen LogP contribution in [0.4, 0.5) is 0 Å². The van der Waals surface area contributed by atoms with Gasteiger partial charge in [0.15, 0.2) is 0 Å². The molecule has 0 radical (unpaired) electrons. The zero-order valence-corrected chi connectivity index (χ0v) is 10.1. The summed E-state index contributed by atoms with van der Waals surface area (Å²) >= 11 is 0. The number of nitrogens with one attached hydrogen (secondary N) is 3. The molecule has 2 amide bonds. The Morgan fingerprint density at radius 1 is 1.12 bits per heavy atom. The maximum atomic E-state index is 11.7. The lowest BCUT2D eigenvalue weighted by molar-refractivity contribution is -0.126. The molecule has 0 unspecified atom stereocenters. The third-order valence-electron chi connectivity index (χ3n) is 3.30. The Balaban J connectivity index is 1.56. The second-order valence-electron chi connectivity index (χ2n) is 4.91. The molecule has 1 heterocycles. The predicted octanol–water partition coefficient (Wildman–Crippen LogP) is -0.229. The highest BCUT2D eigenvalue weighted by Gasteiger charge is 2.23. The van der Waals surface area contributed by atoms with Crippen LogP contribution >= 0.6 is 0 Å². The summed E-state index contributed by atoms with van der Waals surface area (Å²) in [6.45, 7) is 2.29. The molecule has 5 heteroatoms. The molecule has 3 N–H and O–H groups in total. The van der Waals surface area contributed by atoms with E-state index < -0.39 is 0 Å². The quantitative estimate of drug-likeness (QED) is 0.621. The maximum Gasteiger partial charge on any atom is 0.223 e. The van der Waals surface area contributed by atoms with Crippen molar-refractivity contribution in [1.82, 2.24) is 16.0 Å². The Bertz CT molecular complexity index is 283. The van der Waals surface area contributed by atoms with Crippen LogP contribution in [0.25, 0.3) is 0 Å². The predicted molar refractivity (Wildman–Crippen MR) is 64.4 cm³/mol. The average molecular weight is 239 g/mol. The van der Waals surface area contributed by atoms with E-state index in [9.17, 15) is 9.59 Å². The fourth-order valence-corrected chi connectivity index (χ4v) is 2.06. The van der Waals surface area contributed by atoms with Gasteiger partial charge in [0.2, 0.25) is 11.8 Å². The van der Waals surface area contributed by atoms with E-state index in [0.29, 0.717) is 19.0 Å². The van der Waals surface area contributed by atoms with Gasteiger partial charge in [0.05, 0.1) is 0 Å². The number of amides is 2. The number of carbonyl (C=O) groups is 2. The van der Waals surface area contributed by atoms with Crippen molar-refractivity contribution in [2.24, 2.45) is 5.92 Å². The summed E-state index contributed by atoms with van der Waals surface area (Å²) in [6.07, 6.45) is 4.41. The first kappa shape index (κ1) is 12.4. The van der Waals surface area contributed by atoms with Gasteiger partial charge in [-0.15, -0.1) is 0 Å². The minimum atomic E-state index is 0.0538. The van der Waals surface area contributed by atoms with Crippen LogP contribution in [0.15, 0.2) is 0 Å². The van der Waals surface area contributed by atoms with Gasteiger partial charge >= 0.3 is 0 Å². The van der Waals surface area contributed by atoms with E-state index in [1.165, 1.54) is 0 Å². The lowest BCUT2D eigenvalue weighted by Gasteiger charge is -2.21. The lowest BCUT2D eigenvalue weighted by atomic mass is 9.97. The van der Waals surface area contributed by atoms with Crippen molar-refractivity contribution in [3.05, 3.63) is 0 Å². The molecule has 1 saturated carbocycles. The van der Waals surface area contributed by atoms with E-state index in [0.717, 1.165) is 38.8 Å². The first-order valence-corrected chi connectivity index (χ1v) is 6.53. The Labute approximate surface area is 102 Å². The number of piperidine rings is 1. The molecular weight excluding hydrogens is 218 g/mol. The minimum Gasteiger partial charge on any atom is -0.355 e. The van der Waals surface area contributed by atoms with Gasteiger partial charge in [0, 0.05) is 24.9 Å². The van der Waals surface area contributed by atoms with Crippen LogP contribution in [0, 0.1) is 5.92 Å². The van der Waals surface area contributed by atoms with E-state index in [1.54, 1.807) is 0 Å². The van der Waals surface area contributed by atoms with E-state index in [4.69, 9.17) is 0 Å². The van der Waals surface area contributed by atoms with Crippen molar-refractivity contribution < 1.29 is 9.59 Å². The molecule has 17 heavy (non-hydrogen) atoms. The molecule has 1 saturated heterocycles. The van der Waals surface area contributed by atoms with Crippen molar-refractivity contribution >= 4 is 11.8 Å². The van der Waals surface area contributed by atoms with E-state index >= 15 is 0 Å². The number of carbonyl (C=O) groups excluding carboxylic acids is 2. The summed E-state index contributed by atoms with van der Waals surface area (Å²) in [4.78, 5) is 23.1. The number of hydrogen-bond acceptors (Lipinski definition) is 3. The molecule has 0 bridgehead atoms. The fraction of sp³-hybridized carbons (Fsp3) is 0.833. The molecule has 2 aliphatic rings. The molecule has 0 atom stereocenters. The van der Waals surface area contributed by atoms with Gasteiger partial charge in [-0.05, 0) is 38.8 Å². The maximum absolute atomic E-state index is 11.7. The van der Waals surface area contributed by atoms with Gasteiger partial charge in [-0.2, -0.15) is 0 Å². The van der Waals surface area contributed by atoms with Crippen LogP contribution in [0.5, 0.6) is 0 Å².